The summed E-state index contributed by atoms with van der Waals surface area (Å²) in [5.74, 6) is -1.24. The number of aliphatic carboxylic acids is 1. The van der Waals surface area contributed by atoms with Crippen LogP contribution in [-0.2, 0) is 9.53 Å². The number of hydrogen-bond acceptors (Lipinski definition) is 2. The van der Waals surface area contributed by atoms with Crippen molar-refractivity contribution < 1.29 is 14.6 Å². The minimum Gasteiger partial charge on any atom is -0.481 e. The van der Waals surface area contributed by atoms with Crippen molar-refractivity contribution in [2.75, 3.05) is 6.61 Å². The van der Waals surface area contributed by atoms with Crippen LogP contribution in [-0.4, -0.2) is 23.8 Å². The van der Waals surface area contributed by atoms with E-state index < -0.39 is 11.9 Å². The second-order valence-corrected chi connectivity index (χ2v) is 2.68. The van der Waals surface area contributed by atoms with E-state index in [0.29, 0.717) is 6.61 Å². The van der Waals surface area contributed by atoms with Crippen LogP contribution in [0.2, 0.25) is 0 Å². The predicted molar refractivity (Wildman–Crippen MR) is 40.3 cm³/mol. The van der Waals surface area contributed by atoms with E-state index in [0.717, 1.165) is 6.42 Å². The molecule has 62 valence electrons. The standard InChI is InChI=1S/C8H12O3/c1-6(8(9)10)7-4-2-3-5-11-7/h2,4,6-7H,3,5H2,1H3,(H,9,10)/t6-,7-/m0/s1. The third-order valence-electron chi connectivity index (χ3n) is 1.80. The van der Waals surface area contributed by atoms with E-state index in [1.54, 1.807) is 6.92 Å². The van der Waals surface area contributed by atoms with Gasteiger partial charge in [0.1, 0.15) is 0 Å². The van der Waals surface area contributed by atoms with Gasteiger partial charge in [-0.05, 0) is 13.3 Å². The maximum atomic E-state index is 10.5. The molecule has 0 radical (unpaired) electrons. The van der Waals surface area contributed by atoms with Crippen LogP contribution in [0.1, 0.15) is 13.3 Å². The van der Waals surface area contributed by atoms with Crippen molar-refractivity contribution in [3.63, 3.8) is 0 Å². The number of hydrogen-bond donors (Lipinski definition) is 1. The summed E-state index contributed by atoms with van der Waals surface area (Å²) in [6.07, 6.45) is 4.44. The molecule has 0 saturated heterocycles. The molecule has 0 aromatic carbocycles. The van der Waals surface area contributed by atoms with Crippen molar-refractivity contribution in [3.8, 4) is 0 Å². The van der Waals surface area contributed by atoms with Gasteiger partial charge in [0.05, 0.1) is 18.6 Å². The maximum absolute atomic E-state index is 10.5. The molecule has 0 saturated carbocycles. The molecule has 3 nitrogen and oxygen atoms in total. The number of carboxylic acids is 1. The zero-order chi connectivity index (χ0) is 8.27. The van der Waals surface area contributed by atoms with Gasteiger partial charge in [-0.1, -0.05) is 12.2 Å². The van der Waals surface area contributed by atoms with Gasteiger partial charge >= 0.3 is 5.97 Å². The molecule has 1 aliphatic rings. The molecule has 0 bridgehead atoms. The Balaban J connectivity index is 2.52. The molecule has 0 spiro atoms. The predicted octanol–water partition coefficient (Wildman–Crippen LogP) is 1.05. The summed E-state index contributed by atoms with van der Waals surface area (Å²) in [5.41, 5.74) is 0. The highest BCUT2D eigenvalue weighted by Gasteiger charge is 2.22. The summed E-state index contributed by atoms with van der Waals surface area (Å²) in [5, 5.41) is 8.62. The van der Waals surface area contributed by atoms with Gasteiger partial charge in [0.25, 0.3) is 0 Å². The van der Waals surface area contributed by atoms with Gasteiger partial charge in [0.2, 0.25) is 0 Å². The Morgan fingerprint density at radius 1 is 1.82 bits per heavy atom. The average molecular weight is 156 g/mol. The molecule has 0 aliphatic carbocycles. The third-order valence-corrected chi connectivity index (χ3v) is 1.80. The van der Waals surface area contributed by atoms with E-state index in [4.69, 9.17) is 9.84 Å². The summed E-state index contributed by atoms with van der Waals surface area (Å²) < 4.78 is 5.23. The fourth-order valence-corrected chi connectivity index (χ4v) is 1.01. The van der Waals surface area contributed by atoms with Gasteiger partial charge in [0, 0.05) is 0 Å². The van der Waals surface area contributed by atoms with Gasteiger partial charge in [-0.3, -0.25) is 4.79 Å². The minimum atomic E-state index is -0.804. The molecule has 0 fully saturated rings. The third kappa shape index (κ3) is 2.05. The van der Waals surface area contributed by atoms with E-state index in [-0.39, 0.29) is 6.10 Å². The second-order valence-electron chi connectivity index (χ2n) is 2.68. The first kappa shape index (κ1) is 8.27. The highest BCUT2D eigenvalue weighted by Crippen LogP contribution is 2.13. The number of carboxylic acid groups (broad SMARTS) is 1. The first-order valence-corrected chi connectivity index (χ1v) is 3.73. The topological polar surface area (TPSA) is 46.5 Å². The van der Waals surface area contributed by atoms with Gasteiger partial charge in [-0.25, -0.2) is 0 Å². The fourth-order valence-electron chi connectivity index (χ4n) is 1.01. The Hall–Kier alpha value is -0.830. The first-order chi connectivity index (χ1) is 5.22. The zero-order valence-electron chi connectivity index (χ0n) is 6.49. The van der Waals surface area contributed by atoms with Crippen LogP contribution in [0, 0.1) is 5.92 Å². The van der Waals surface area contributed by atoms with Crippen molar-refractivity contribution in [2.24, 2.45) is 5.92 Å². The van der Waals surface area contributed by atoms with Gasteiger partial charge < -0.3 is 9.84 Å². The highest BCUT2D eigenvalue weighted by molar-refractivity contribution is 5.70. The largest absolute Gasteiger partial charge is 0.481 e. The molecule has 1 N–H and O–H groups in total. The lowest BCUT2D eigenvalue weighted by Gasteiger charge is -2.20. The fraction of sp³-hybridized carbons (Fsp3) is 0.625. The monoisotopic (exact) mass is 156 g/mol. The Bertz CT molecular complexity index is 174. The van der Waals surface area contributed by atoms with Gasteiger partial charge in [-0.2, -0.15) is 0 Å². The summed E-state index contributed by atoms with van der Waals surface area (Å²) in [7, 11) is 0. The lowest BCUT2D eigenvalue weighted by Crippen LogP contribution is -2.28. The Morgan fingerprint density at radius 2 is 2.55 bits per heavy atom. The Kier molecular flexibility index (Phi) is 2.65. The number of rotatable bonds is 2. The lowest BCUT2D eigenvalue weighted by molar-refractivity contribution is -0.145. The van der Waals surface area contributed by atoms with Crippen molar-refractivity contribution in [3.05, 3.63) is 12.2 Å². The molecule has 1 aliphatic heterocycles. The van der Waals surface area contributed by atoms with Gasteiger partial charge in [-0.15, -0.1) is 0 Å². The van der Waals surface area contributed by atoms with Crippen molar-refractivity contribution in [1.29, 1.82) is 0 Å². The molecular formula is C8H12O3. The van der Waals surface area contributed by atoms with Crippen LogP contribution < -0.4 is 0 Å². The van der Waals surface area contributed by atoms with E-state index in [1.165, 1.54) is 0 Å². The molecule has 0 amide bonds. The minimum absolute atomic E-state index is 0.235. The lowest BCUT2D eigenvalue weighted by atomic mass is 10.0. The van der Waals surface area contributed by atoms with Crippen LogP contribution >= 0.6 is 0 Å². The van der Waals surface area contributed by atoms with Crippen LogP contribution in [0.25, 0.3) is 0 Å². The molecule has 11 heavy (non-hydrogen) atoms. The summed E-state index contributed by atoms with van der Waals surface area (Å²) >= 11 is 0. The van der Waals surface area contributed by atoms with E-state index in [2.05, 4.69) is 0 Å². The van der Waals surface area contributed by atoms with Crippen LogP contribution in [0.5, 0.6) is 0 Å². The van der Waals surface area contributed by atoms with Crippen molar-refractivity contribution in [1.82, 2.24) is 0 Å². The number of carbonyl (C=O) groups is 1. The van der Waals surface area contributed by atoms with Crippen LogP contribution in [0.3, 0.4) is 0 Å². The highest BCUT2D eigenvalue weighted by atomic mass is 16.5. The molecule has 3 heteroatoms. The normalized spacial score (nSPS) is 26.5. The molecular weight excluding hydrogens is 144 g/mol. The smallest absolute Gasteiger partial charge is 0.309 e. The van der Waals surface area contributed by atoms with Crippen LogP contribution in [0.15, 0.2) is 12.2 Å². The summed E-state index contributed by atoms with van der Waals surface area (Å²) in [6, 6.07) is 0. The Morgan fingerprint density at radius 3 is 3.00 bits per heavy atom. The maximum Gasteiger partial charge on any atom is 0.309 e. The Labute approximate surface area is 65.7 Å². The van der Waals surface area contributed by atoms with E-state index >= 15 is 0 Å². The molecule has 1 rings (SSSR count). The summed E-state index contributed by atoms with van der Waals surface area (Å²) in [6.45, 7) is 2.29. The summed E-state index contributed by atoms with van der Waals surface area (Å²) in [4.78, 5) is 10.5. The zero-order valence-corrected chi connectivity index (χ0v) is 6.49. The van der Waals surface area contributed by atoms with Gasteiger partial charge in [0.15, 0.2) is 0 Å². The quantitative estimate of drug-likeness (QED) is 0.608. The second kappa shape index (κ2) is 3.53. The molecule has 0 unspecified atom stereocenters. The van der Waals surface area contributed by atoms with E-state index in [1.807, 2.05) is 12.2 Å². The molecule has 0 aromatic rings. The molecule has 2 atom stereocenters. The van der Waals surface area contributed by atoms with Crippen molar-refractivity contribution in [2.45, 2.75) is 19.4 Å². The number of ether oxygens (including phenoxy) is 1. The van der Waals surface area contributed by atoms with E-state index in [9.17, 15) is 4.79 Å². The van der Waals surface area contributed by atoms with Crippen molar-refractivity contribution >= 4 is 5.97 Å². The van der Waals surface area contributed by atoms with Crippen LogP contribution in [0.4, 0.5) is 0 Å². The SMILES string of the molecule is C[C@H](C(=O)O)[C@@H]1C=CCCO1. The average Bonchev–Trinajstić information content (AvgIpc) is 2.05. The molecule has 0 aromatic heterocycles. The first-order valence-electron chi connectivity index (χ1n) is 3.73. The molecule has 1 heterocycles.